The van der Waals surface area contributed by atoms with Crippen LogP contribution in [0.25, 0.3) is 0 Å². The van der Waals surface area contributed by atoms with Crippen LogP contribution in [0, 0.1) is 5.41 Å². The van der Waals surface area contributed by atoms with Crippen molar-refractivity contribution in [1.29, 1.82) is 0 Å². The Morgan fingerprint density at radius 1 is 1.26 bits per heavy atom. The average Bonchev–Trinajstić information content (AvgIpc) is 2.36. The van der Waals surface area contributed by atoms with Gasteiger partial charge in [0.1, 0.15) is 0 Å². The SMILES string of the molecule is CCC(O)(c1cccc(SC)c1)C(C)(C)CN(C)C. The zero-order chi connectivity index (χ0) is 14.7. The van der Waals surface area contributed by atoms with Crippen molar-refractivity contribution in [1.82, 2.24) is 4.90 Å². The summed E-state index contributed by atoms with van der Waals surface area (Å²) in [6.07, 6.45) is 2.78. The zero-order valence-corrected chi connectivity index (χ0v) is 13.8. The predicted molar refractivity (Wildman–Crippen MR) is 84.7 cm³/mol. The minimum Gasteiger partial charge on any atom is -0.385 e. The molecule has 1 atom stereocenters. The van der Waals surface area contributed by atoms with Gasteiger partial charge in [-0.3, -0.25) is 0 Å². The Bertz CT molecular complexity index is 417. The Morgan fingerprint density at radius 3 is 2.37 bits per heavy atom. The van der Waals surface area contributed by atoms with Crippen LogP contribution in [0.15, 0.2) is 29.2 Å². The van der Waals surface area contributed by atoms with Gasteiger partial charge >= 0.3 is 0 Å². The van der Waals surface area contributed by atoms with Gasteiger partial charge < -0.3 is 10.0 Å². The van der Waals surface area contributed by atoms with E-state index in [4.69, 9.17) is 0 Å². The summed E-state index contributed by atoms with van der Waals surface area (Å²) in [5, 5.41) is 11.3. The topological polar surface area (TPSA) is 23.5 Å². The molecule has 1 aromatic carbocycles. The second-order valence-electron chi connectivity index (χ2n) is 6.07. The largest absolute Gasteiger partial charge is 0.385 e. The highest BCUT2D eigenvalue weighted by atomic mass is 32.2. The number of hydrogen-bond donors (Lipinski definition) is 1. The number of thioether (sulfide) groups is 1. The van der Waals surface area contributed by atoms with E-state index in [2.05, 4.69) is 58.2 Å². The fourth-order valence-electron chi connectivity index (χ4n) is 2.88. The standard InChI is InChI=1S/C16H27NOS/c1-7-16(18,15(2,3)12-17(4)5)13-9-8-10-14(11-13)19-6/h8-11,18H,7,12H2,1-6H3. The molecular weight excluding hydrogens is 254 g/mol. The normalized spacial score (nSPS) is 15.6. The molecule has 0 fully saturated rings. The van der Waals surface area contributed by atoms with Gasteiger partial charge in [0.05, 0.1) is 5.60 Å². The molecule has 3 heteroatoms. The summed E-state index contributed by atoms with van der Waals surface area (Å²) < 4.78 is 0. The third kappa shape index (κ3) is 3.53. The van der Waals surface area contributed by atoms with Crippen LogP contribution in [0.5, 0.6) is 0 Å². The lowest BCUT2D eigenvalue weighted by Crippen LogP contribution is -2.47. The van der Waals surface area contributed by atoms with Gasteiger partial charge in [-0.05, 0) is 44.5 Å². The van der Waals surface area contributed by atoms with E-state index >= 15 is 0 Å². The average molecular weight is 281 g/mol. The number of nitrogens with zero attached hydrogens (tertiary/aromatic N) is 1. The maximum absolute atomic E-state index is 11.3. The third-order valence-corrected chi connectivity index (χ3v) is 4.62. The van der Waals surface area contributed by atoms with Crippen molar-refractivity contribution in [3.05, 3.63) is 29.8 Å². The van der Waals surface area contributed by atoms with Gasteiger partial charge in [-0.15, -0.1) is 11.8 Å². The molecule has 0 radical (unpaired) electrons. The Hall–Kier alpha value is -0.510. The van der Waals surface area contributed by atoms with E-state index < -0.39 is 5.60 Å². The maximum Gasteiger partial charge on any atom is 0.0957 e. The summed E-state index contributed by atoms with van der Waals surface area (Å²) in [5.74, 6) is 0. The molecule has 1 N–H and O–H groups in total. The Morgan fingerprint density at radius 2 is 1.89 bits per heavy atom. The first-order chi connectivity index (χ1) is 8.76. The van der Waals surface area contributed by atoms with E-state index in [1.54, 1.807) is 11.8 Å². The van der Waals surface area contributed by atoms with Gasteiger partial charge in [-0.1, -0.05) is 32.9 Å². The van der Waals surface area contributed by atoms with E-state index in [0.717, 1.165) is 12.1 Å². The lowest BCUT2D eigenvalue weighted by atomic mass is 9.69. The van der Waals surface area contributed by atoms with E-state index in [1.807, 2.05) is 12.1 Å². The fourth-order valence-corrected chi connectivity index (χ4v) is 3.33. The Kier molecular flexibility index (Phi) is 5.48. The van der Waals surface area contributed by atoms with Crippen molar-refractivity contribution >= 4 is 11.8 Å². The highest BCUT2D eigenvalue weighted by molar-refractivity contribution is 7.98. The maximum atomic E-state index is 11.3. The molecule has 0 saturated heterocycles. The van der Waals surface area contributed by atoms with Gasteiger partial charge in [0.2, 0.25) is 0 Å². The van der Waals surface area contributed by atoms with Crippen LogP contribution < -0.4 is 0 Å². The van der Waals surface area contributed by atoms with Crippen LogP contribution in [-0.4, -0.2) is 36.9 Å². The molecule has 1 unspecified atom stereocenters. The molecular formula is C16H27NOS. The highest BCUT2D eigenvalue weighted by Crippen LogP contribution is 2.43. The molecule has 1 aromatic rings. The smallest absolute Gasteiger partial charge is 0.0957 e. The van der Waals surface area contributed by atoms with Crippen LogP contribution >= 0.6 is 11.8 Å². The van der Waals surface area contributed by atoms with Crippen LogP contribution in [-0.2, 0) is 5.60 Å². The van der Waals surface area contributed by atoms with E-state index in [0.29, 0.717) is 6.42 Å². The molecule has 0 bridgehead atoms. The lowest BCUT2D eigenvalue weighted by molar-refractivity contribution is -0.0863. The van der Waals surface area contributed by atoms with Gasteiger partial charge in [0, 0.05) is 16.9 Å². The van der Waals surface area contributed by atoms with Crippen LogP contribution in [0.1, 0.15) is 32.8 Å². The van der Waals surface area contributed by atoms with E-state index in [1.165, 1.54) is 4.90 Å². The molecule has 0 aliphatic rings. The van der Waals surface area contributed by atoms with Crippen molar-refractivity contribution in [2.24, 2.45) is 5.41 Å². The predicted octanol–water partition coefficient (Wildman–Crippen LogP) is 3.59. The Labute approximate surface area is 122 Å². The molecule has 0 heterocycles. The van der Waals surface area contributed by atoms with Gasteiger partial charge in [-0.25, -0.2) is 0 Å². The molecule has 108 valence electrons. The van der Waals surface area contributed by atoms with Crippen molar-refractivity contribution in [3.8, 4) is 0 Å². The monoisotopic (exact) mass is 281 g/mol. The lowest BCUT2D eigenvalue weighted by Gasteiger charge is -2.44. The summed E-state index contributed by atoms with van der Waals surface area (Å²) in [7, 11) is 4.10. The van der Waals surface area contributed by atoms with E-state index in [9.17, 15) is 5.11 Å². The van der Waals surface area contributed by atoms with Gasteiger partial charge in [0.25, 0.3) is 0 Å². The first kappa shape index (κ1) is 16.5. The van der Waals surface area contributed by atoms with Gasteiger partial charge in [-0.2, -0.15) is 0 Å². The Balaban J connectivity index is 3.21. The second-order valence-corrected chi connectivity index (χ2v) is 6.95. The molecule has 0 aliphatic carbocycles. The van der Waals surface area contributed by atoms with Crippen molar-refractivity contribution in [2.75, 3.05) is 26.9 Å². The first-order valence-electron chi connectivity index (χ1n) is 6.78. The zero-order valence-electron chi connectivity index (χ0n) is 13.0. The van der Waals surface area contributed by atoms with Crippen molar-refractivity contribution < 1.29 is 5.11 Å². The number of rotatable bonds is 6. The summed E-state index contributed by atoms with van der Waals surface area (Å²) in [5.41, 5.74) is 0.0133. The molecule has 0 spiro atoms. The van der Waals surface area contributed by atoms with Crippen molar-refractivity contribution in [3.63, 3.8) is 0 Å². The second kappa shape index (κ2) is 6.29. The molecule has 2 nitrogen and oxygen atoms in total. The number of benzene rings is 1. The fraction of sp³-hybridized carbons (Fsp3) is 0.625. The summed E-state index contributed by atoms with van der Waals surface area (Å²) in [6, 6.07) is 8.28. The van der Waals surface area contributed by atoms with Gasteiger partial charge in [0.15, 0.2) is 0 Å². The number of aliphatic hydroxyl groups is 1. The molecule has 0 amide bonds. The quantitative estimate of drug-likeness (QED) is 0.806. The van der Waals surface area contributed by atoms with Crippen molar-refractivity contribution in [2.45, 2.75) is 37.7 Å². The summed E-state index contributed by atoms with van der Waals surface area (Å²) >= 11 is 1.71. The summed E-state index contributed by atoms with van der Waals surface area (Å²) in [6.45, 7) is 7.19. The third-order valence-electron chi connectivity index (χ3n) is 3.89. The van der Waals surface area contributed by atoms with Crippen LogP contribution in [0.4, 0.5) is 0 Å². The highest BCUT2D eigenvalue weighted by Gasteiger charge is 2.43. The molecule has 19 heavy (non-hydrogen) atoms. The minimum atomic E-state index is -0.803. The minimum absolute atomic E-state index is 0.206. The molecule has 0 saturated carbocycles. The summed E-state index contributed by atoms with van der Waals surface area (Å²) in [4.78, 5) is 3.34. The first-order valence-corrected chi connectivity index (χ1v) is 8.01. The van der Waals surface area contributed by atoms with Crippen LogP contribution in [0.2, 0.25) is 0 Å². The number of hydrogen-bond acceptors (Lipinski definition) is 3. The van der Waals surface area contributed by atoms with Crippen LogP contribution in [0.3, 0.4) is 0 Å². The molecule has 0 aliphatic heterocycles. The molecule has 0 aromatic heterocycles. The molecule has 1 rings (SSSR count). The van der Waals surface area contributed by atoms with E-state index in [-0.39, 0.29) is 5.41 Å².